The first-order valence-corrected chi connectivity index (χ1v) is 10.7. The van der Waals surface area contributed by atoms with Crippen LogP contribution in [0.25, 0.3) is 0 Å². The summed E-state index contributed by atoms with van der Waals surface area (Å²) >= 11 is 0. The maximum atomic E-state index is 11.4. The van der Waals surface area contributed by atoms with Gasteiger partial charge in [-0.3, -0.25) is 9.59 Å². The van der Waals surface area contributed by atoms with Gasteiger partial charge in [-0.15, -0.1) is 0 Å². The third-order valence-electron chi connectivity index (χ3n) is 6.05. The van der Waals surface area contributed by atoms with Crippen LogP contribution in [-0.2, 0) is 38.2 Å². The minimum Gasteiger partial charge on any atom is -0.478 e. The Kier molecular flexibility index (Phi) is 14.4. The van der Waals surface area contributed by atoms with Gasteiger partial charge in [0.2, 0.25) is 0 Å². The zero-order valence-corrected chi connectivity index (χ0v) is 21.3. The van der Waals surface area contributed by atoms with Gasteiger partial charge in [0, 0.05) is 24.7 Å². The van der Waals surface area contributed by atoms with E-state index in [9.17, 15) is 19.2 Å². The number of carboxylic acids is 1. The van der Waals surface area contributed by atoms with Gasteiger partial charge >= 0.3 is 17.9 Å². The number of aliphatic carboxylic acids is 1. The van der Waals surface area contributed by atoms with E-state index in [0.717, 1.165) is 19.5 Å². The van der Waals surface area contributed by atoms with Gasteiger partial charge in [-0.05, 0) is 37.5 Å². The lowest BCUT2D eigenvalue weighted by Crippen LogP contribution is -2.07. The Morgan fingerprint density at radius 2 is 1.24 bits per heavy atom. The van der Waals surface area contributed by atoms with E-state index in [1.54, 1.807) is 6.08 Å². The van der Waals surface area contributed by atoms with Crippen LogP contribution >= 0.6 is 0 Å². The second kappa shape index (κ2) is 14.6. The number of aldehydes is 1. The van der Waals surface area contributed by atoms with E-state index >= 15 is 0 Å². The van der Waals surface area contributed by atoms with E-state index in [-0.39, 0.29) is 52.0 Å². The molecule has 0 aliphatic heterocycles. The van der Waals surface area contributed by atoms with Gasteiger partial charge in [0.05, 0.1) is 26.1 Å². The zero-order valence-electron chi connectivity index (χ0n) is 21.3. The third-order valence-corrected chi connectivity index (χ3v) is 6.05. The van der Waals surface area contributed by atoms with Gasteiger partial charge in [-0.25, -0.2) is 4.79 Å². The van der Waals surface area contributed by atoms with E-state index < -0.39 is 5.97 Å². The number of carbonyl (C=O) groups excluding carboxylic acids is 4. The summed E-state index contributed by atoms with van der Waals surface area (Å²) in [6.07, 6.45) is 2.48. The van der Waals surface area contributed by atoms with Crippen molar-refractivity contribution in [3.63, 3.8) is 0 Å². The van der Waals surface area contributed by atoms with E-state index in [4.69, 9.17) is 14.6 Å². The molecule has 0 aromatic rings. The molecule has 0 radical (unpaired) electrons. The smallest absolute Gasteiger partial charge is 0.330 e. The Morgan fingerprint density at radius 3 is 1.48 bits per heavy atom. The summed E-state index contributed by atoms with van der Waals surface area (Å²) in [4.78, 5) is 51.4. The van der Waals surface area contributed by atoms with Gasteiger partial charge in [-0.1, -0.05) is 33.8 Å². The van der Waals surface area contributed by atoms with Crippen LogP contribution < -0.4 is 0 Å². The van der Waals surface area contributed by atoms with Crippen molar-refractivity contribution in [2.24, 2.45) is 34.5 Å². The summed E-state index contributed by atoms with van der Waals surface area (Å²) in [6, 6.07) is 0. The van der Waals surface area contributed by atoms with Crippen molar-refractivity contribution in [2.45, 2.75) is 48.5 Å². The predicted octanol–water partition coefficient (Wildman–Crippen LogP) is 2.95. The Labute approximate surface area is 196 Å². The lowest BCUT2D eigenvalue weighted by atomic mass is 10.1. The fourth-order valence-electron chi connectivity index (χ4n) is 3.62. The van der Waals surface area contributed by atoms with Crippen LogP contribution in [0.15, 0.2) is 11.6 Å². The highest BCUT2D eigenvalue weighted by Crippen LogP contribution is 2.59. The Bertz CT molecular complexity index is 692. The molecule has 0 heterocycles. The lowest BCUT2D eigenvalue weighted by Gasteiger charge is -1.99. The van der Waals surface area contributed by atoms with E-state index in [1.165, 1.54) is 21.1 Å². The number of esters is 2. The van der Waals surface area contributed by atoms with Crippen LogP contribution in [0, 0.1) is 34.5 Å². The van der Waals surface area contributed by atoms with Crippen LogP contribution in [0.2, 0.25) is 0 Å². The molecule has 0 saturated heterocycles. The summed E-state index contributed by atoms with van der Waals surface area (Å²) in [7, 11) is 2.69. The van der Waals surface area contributed by atoms with Gasteiger partial charge in [-0.2, -0.15) is 0 Å². The van der Waals surface area contributed by atoms with Crippen molar-refractivity contribution < 1.29 is 43.3 Å². The molecule has 0 amide bonds. The molecule has 2 fully saturated rings. The zero-order chi connectivity index (χ0) is 26.6. The summed E-state index contributed by atoms with van der Waals surface area (Å²) in [5.74, 6) is -2.08. The van der Waals surface area contributed by atoms with Crippen molar-refractivity contribution in [3.05, 3.63) is 11.6 Å². The first-order valence-electron chi connectivity index (χ1n) is 10.7. The molecule has 2 aliphatic rings. The molecule has 2 rings (SSSR count). The molecule has 0 aromatic carbocycles. The number of carboxylic acid groups (broad SMARTS) is 1. The summed E-state index contributed by atoms with van der Waals surface area (Å²) in [5, 5.41) is 8.73. The largest absolute Gasteiger partial charge is 0.478 e. The molecule has 0 aromatic heterocycles. The lowest BCUT2D eigenvalue weighted by molar-refractivity contribution is -0.144. The third kappa shape index (κ3) is 9.07. The number of hydrogen-bond acceptors (Lipinski definition) is 8. The molecule has 9 heteroatoms. The number of allylic oxidation sites excluding steroid dienone is 1. The van der Waals surface area contributed by atoms with E-state index in [2.05, 4.69) is 9.47 Å². The standard InChI is InChI=1S/C11H16O4.C8H12O3.C4H10O.CH2O/c1-6(9(12)13)5-7-8(10(14)15-4)11(7,2)3;1-8(2)5(4-9)6(8)7(10)11-3;1-3-5-4-2;1-2/h5,7-8H,1-4H3,(H,12,13);4-6H,1-3H3;3-4H2,1-2H3;1H2. The van der Waals surface area contributed by atoms with Crippen molar-refractivity contribution in [1.29, 1.82) is 0 Å². The molecule has 33 heavy (non-hydrogen) atoms. The molecule has 1 N–H and O–H groups in total. The monoisotopic (exact) mass is 472 g/mol. The highest BCUT2D eigenvalue weighted by Gasteiger charge is 2.63. The highest BCUT2D eigenvalue weighted by molar-refractivity contribution is 5.87. The Morgan fingerprint density at radius 1 is 0.879 bits per heavy atom. The van der Waals surface area contributed by atoms with Crippen LogP contribution in [0.1, 0.15) is 48.5 Å². The first kappa shape index (κ1) is 32.6. The fraction of sp³-hybridized carbons (Fsp3) is 0.708. The predicted molar refractivity (Wildman–Crippen MR) is 122 cm³/mol. The normalized spacial score (nSPS) is 25.2. The summed E-state index contributed by atoms with van der Waals surface area (Å²) < 4.78 is 14.0. The molecule has 0 spiro atoms. The average molecular weight is 473 g/mol. The molecule has 2 saturated carbocycles. The molecule has 4 atom stereocenters. The maximum absolute atomic E-state index is 11.4. The molecule has 2 aliphatic carbocycles. The maximum Gasteiger partial charge on any atom is 0.330 e. The van der Waals surface area contributed by atoms with Crippen LogP contribution in [-0.4, -0.2) is 63.5 Å². The van der Waals surface area contributed by atoms with Crippen LogP contribution in [0.4, 0.5) is 0 Å². The van der Waals surface area contributed by atoms with Crippen molar-refractivity contribution in [3.8, 4) is 0 Å². The Hall–Kier alpha value is -2.55. The highest BCUT2D eigenvalue weighted by atomic mass is 16.5. The molecule has 190 valence electrons. The number of methoxy groups -OCH3 is 2. The molecular weight excluding hydrogens is 432 g/mol. The fourth-order valence-corrected chi connectivity index (χ4v) is 3.62. The van der Waals surface area contributed by atoms with Crippen LogP contribution in [0.5, 0.6) is 0 Å². The SMILES string of the molecule is C=O.CCOCC.COC(=O)C1C(C=C(C)C(=O)O)C1(C)C.COC(=O)C1C(C=O)C1(C)C. The van der Waals surface area contributed by atoms with Crippen molar-refractivity contribution in [1.82, 2.24) is 0 Å². The minimum atomic E-state index is -0.943. The van der Waals surface area contributed by atoms with Gasteiger partial charge in [0.25, 0.3) is 0 Å². The molecule has 4 unspecified atom stereocenters. The quantitative estimate of drug-likeness (QED) is 0.337. The number of hydrogen-bond donors (Lipinski definition) is 1. The second-order valence-electron chi connectivity index (χ2n) is 8.77. The van der Waals surface area contributed by atoms with Gasteiger partial charge in [0.1, 0.15) is 13.1 Å². The van der Waals surface area contributed by atoms with Gasteiger partial charge in [0.15, 0.2) is 0 Å². The number of rotatable bonds is 7. The van der Waals surface area contributed by atoms with E-state index in [0.29, 0.717) is 0 Å². The molecule has 9 nitrogen and oxygen atoms in total. The summed E-state index contributed by atoms with van der Waals surface area (Å²) in [5.41, 5.74) is -0.0990. The Balaban J connectivity index is 0. The topological polar surface area (TPSA) is 133 Å². The van der Waals surface area contributed by atoms with Crippen molar-refractivity contribution in [2.75, 3.05) is 27.4 Å². The molecule has 0 bridgehead atoms. The minimum absolute atomic E-state index is 0.0268. The summed E-state index contributed by atoms with van der Waals surface area (Å²) in [6.45, 7) is 16.9. The second-order valence-corrected chi connectivity index (χ2v) is 8.77. The van der Waals surface area contributed by atoms with Crippen LogP contribution in [0.3, 0.4) is 0 Å². The van der Waals surface area contributed by atoms with Gasteiger partial charge < -0.3 is 28.9 Å². The first-order chi connectivity index (χ1) is 15.3. The number of ether oxygens (including phenoxy) is 3. The van der Waals surface area contributed by atoms with E-state index in [1.807, 2.05) is 48.3 Å². The van der Waals surface area contributed by atoms with Crippen molar-refractivity contribution >= 4 is 31.0 Å². The number of carbonyl (C=O) groups is 5. The average Bonchev–Trinajstić information content (AvgIpc) is 3.55. The molecular formula is C24H40O9.